The van der Waals surface area contributed by atoms with Crippen molar-refractivity contribution in [2.24, 2.45) is 0 Å². The summed E-state index contributed by atoms with van der Waals surface area (Å²) < 4.78 is 13.8. The molecule has 1 heterocycles. The Kier molecular flexibility index (Phi) is 4.27. The van der Waals surface area contributed by atoms with Crippen molar-refractivity contribution in [3.63, 3.8) is 0 Å². The molecular formula is C16H19FN2. The molecule has 3 heteroatoms. The fourth-order valence-electron chi connectivity index (χ4n) is 2.23. The molecule has 1 N–H and O–H groups in total. The van der Waals surface area contributed by atoms with Gasteiger partial charge in [0.25, 0.3) is 0 Å². The van der Waals surface area contributed by atoms with Gasteiger partial charge in [-0.15, -0.1) is 0 Å². The van der Waals surface area contributed by atoms with Crippen molar-refractivity contribution in [1.82, 2.24) is 10.3 Å². The molecule has 100 valence electrons. The van der Waals surface area contributed by atoms with E-state index in [0.29, 0.717) is 5.69 Å². The Balaban J connectivity index is 2.29. The van der Waals surface area contributed by atoms with Gasteiger partial charge in [-0.2, -0.15) is 0 Å². The van der Waals surface area contributed by atoms with Crippen LogP contribution in [0.2, 0.25) is 0 Å². The van der Waals surface area contributed by atoms with Crippen LogP contribution >= 0.6 is 0 Å². The second-order valence-corrected chi connectivity index (χ2v) is 4.85. The van der Waals surface area contributed by atoms with Crippen molar-refractivity contribution in [3.05, 3.63) is 64.7 Å². The number of nitrogens with one attached hydrogen (secondary N) is 1. The molecule has 2 aromatic rings. The molecule has 0 saturated carbocycles. The van der Waals surface area contributed by atoms with Crippen LogP contribution in [0.4, 0.5) is 4.39 Å². The highest BCUT2D eigenvalue weighted by Gasteiger charge is 2.16. The van der Waals surface area contributed by atoms with Crippen LogP contribution in [0, 0.1) is 19.7 Å². The van der Waals surface area contributed by atoms with Gasteiger partial charge in [0.2, 0.25) is 0 Å². The van der Waals surface area contributed by atoms with Crippen LogP contribution in [-0.2, 0) is 6.42 Å². The maximum atomic E-state index is 13.8. The Labute approximate surface area is 113 Å². The third-order valence-electron chi connectivity index (χ3n) is 3.39. The quantitative estimate of drug-likeness (QED) is 0.909. The summed E-state index contributed by atoms with van der Waals surface area (Å²) in [6.07, 6.45) is 2.36. The molecule has 0 saturated heterocycles. The molecule has 19 heavy (non-hydrogen) atoms. The largest absolute Gasteiger partial charge is 0.311 e. The lowest BCUT2D eigenvalue weighted by atomic mass is 9.97. The van der Waals surface area contributed by atoms with E-state index in [-0.39, 0.29) is 11.9 Å². The van der Waals surface area contributed by atoms with Crippen molar-refractivity contribution in [3.8, 4) is 0 Å². The zero-order valence-electron chi connectivity index (χ0n) is 11.6. The van der Waals surface area contributed by atoms with E-state index in [4.69, 9.17) is 0 Å². The van der Waals surface area contributed by atoms with E-state index in [1.807, 2.05) is 7.05 Å². The van der Waals surface area contributed by atoms with Crippen LogP contribution in [0.3, 0.4) is 0 Å². The number of aryl methyl sites for hydroxylation is 2. The average Bonchev–Trinajstić information content (AvgIpc) is 2.41. The number of likely N-dealkylation sites (N-methyl/N-ethyl adjacent to an activating group) is 1. The van der Waals surface area contributed by atoms with E-state index in [1.165, 1.54) is 22.8 Å². The highest BCUT2D eigenvalue weighted by molar-refractivity contribution is 5.32. The van der Waals surface area contributed by atoms with Gasteiger partial charge >= 0.3 is 0 Å². The first kappa shape index (κ1) is 13.7. The number of rotatable bonds is 4. The minimum Gasteiger partial charge on any atom is -0.311 e. The van der Waals surface area contributed by atoms with Gasteiger partial charge in [-0.3, -0.25) is 4.98 Å². The summed E-state index contributed by atoms with van der Waals surface area (Å²) in [5.41, 5.74) is 4.15. The van der Waals surface area contributed by atoms with E-state index in [1.54, 1.807) is 12.3 Å². The van der Waals surface area contributed by atoms with E-state index in [9.17, 15) is 4.39 Å². The monoisotopic (exact) mass is 258 g/mol. The van der Waals surface area contributed by atoms with Crippen molar-refractivity contribution in [2.45, 2.75) is 26.3 Å². The van der Waals surface area contributed by atoms with Gasteiger partial charge < -0.3 is 5.32 Å². The van der Waals surface area contributed by atoms with Crippen LogP contribution in [0.15, 0.2) is 36.5 Å². The average molecular weight is 258 g/mol. The van der Waals surface area contributed by atoms with Crippen molar-refractivity contribution >= 4 is 0 Å². The first-order valence-corrected chi connectivity index (χ1v) is 6.45. The van der Waals surface area contributed by atoms with E-state index >= 15 is 0 Å². The zero-order valence-corrected chi connectivity index (χ0v) is 11.6. The molecule has 0 radical (unpaired) electrons. The standard InChI is InChI=1S/C16H19FN2/c1-11-6-7-12(2)13(9-11)10-15(18-3)16-14(17)5-4-8-19-16/h4-9,15,18H,10H2,1-3H3. The van der Waals surface area contributed by atoms with Crippen LogP contribution < -0.4 is 5.32 Å². The molecule has 1 unspecified atom stereocenters. The summed E-state index contributed by atoms with van der Waals surface area (Å²) in [5.74, 6) is -0.257. The first-order chi connectivity index (χ1) is 9.11. The lowest BCUT2D eigenvalue weighted by Gasteiger charge is -2.18. The lowest BCUT2D eigenvalue weighted by Crippen LogP contribution is -2.21. The molecular weight excluding hydrogens is 239 g/mol. The fraction of sp³-hybridized carbons (Fsp3) is 0.312. The Bertz CT molecular complexity index is 566. The second kappa shape index (κ2) is 5.93. The summed E-state index contributed by atoms with van der Waals surface area (Å²) in [5, 5.41) is 3.15. The number of hydrogen-bond acceptors (Lipinski definition) is 2. The molecule has 0 amide bonds. The molecule has 0 aliphatic heterocycles. The summed E-state index contributed by atoms with van der Waals surface area (Å²) in [6.45, 7) is 4.15. The van der Waals surface area contributed by atoms with E-state index in [0.717, 1.165) is 6.42 Å². The Morgan fingerprint density at radius 1 is 1.26 bits per heavy atom. The SMILES string of the molecule is CNC(Cc1cc(C)ccc1C)c1ncccc1F. The molecule has 0 aliphatic carbocycles. The Morgan fingerprint density at radius 2 is 2.05 bits per heavy atom. The summed E-state index contributed by atoms with van der Waals surface area (Å²) >= 11 is 0. The van der Waals surface area contributed by atoms with Gasteiger partial charge in [-0.1, -0.05) is 23.8 Å². The normalized spacial score (nSPS) is 12.4. The zero-order chi connectivity index (χ0) is 13.8. The number of hydrogen-bond donors (Lipinski definition) is 1. The first-order valence-electron chi connectivity index (χ1n) is 6.45. The lowest BCUT2D eigenvalue weighted by molar-refractivity contribution is 0.516. The second-order valence-electron chi connectivity index (χ2n) is 4.85. The molecule has 0 bridgehead atoms. The molecule has 2 rings (SSSR count). The van der Waals surface area contributed by atoms with E-state index in [2.05, 4.69) is 42.3 Å². The predicted molar refractivity (Wildman–Crippen MR) is 75.6 cm³/mol. The van der Waals surface area contributed by atoms with Crippen molar-refractivity contribution < 1.29 is 4.39 Å². The fourth-order valence-corrected chi connectivity index (χ4v) is 2.23. The third-order valence-corrected chi connectivity index (χ3v) is 3.39. The van der Waals surface area contributed by atoms with Crippen LogP contribution in [0.5, 0.6) is 0 Å². The number of benzene rings is 1. The maximum absolute atomic E-state index is 13.8. The molecule has 0 spiro atoms. The molecule has 0 fully saturated rings. The minimum absolute atomic E-state index is 0.110. The molecule has 1 atom stereocenters. The number of aromatic nitrogens is 1. The van der Waals surface area contributed by atoms with Gasteiger partial charge in [-0.25, -0.2) is 4.39 Å². The molecule has 2 nitrogen and oxygen atoms in total. The minimum atomic E-state index is -0.257. The van der Waals surface area contributed by atoms with Gasteiger partial charge in [0.1, 0.15) is 5.82 Å². The van der Waals surface area contributed by atoms with E-state index < -0.39 is 0 Å². The number of halogens is 1. The topological polar surface area (TPSA) is 24.9 Å². The van der Waals surface area contributed by atoms with Crippen LogP contribution in [0.25, 0.3) is 0 Å². The van der Waals surface area contributed by atoms with Gasteiger partial charge in [0.05, 0.1) is 11.7 Å². The van der Waals surface area contributed by atoms with Gasteiger partial charge in [-0.05, 0) is 50.6 Å². The predicted octanol–water partition coefficient (Wildman–Crippen LogP) is 3.34. The maximum Gasteiger partial charge on any atom is 0.146 e. The van der Waals surface area contributed by atoms with Gasteiger partial charge in [0, 0.05) is 6.20 Å². The highest BCUT2D eigenvalue weighted by Crippen LogP contribution is 2.21. The molecule has 1 aromatic heterocycles. The Hall–Kier alpha value is -1.74. The van der Waals surface area contributed by atoms with Crippen LogP contribution in [-0.4, -0.2) is 12.0 Å². The Morgan fingerprint density at radius 3 is 2.74 bits per heavy atom. The van der Waals surface area contributed by atoms with Gasteiger partial charge in [0.15, 0.2) is 0 Å². The van der Waals surface area contributed by atoms with Crippen molar-refractivity contribution in [1.29, 1.82) is 0 Å². The summed E-state index contributed by atoms with van der Waals surface area (Å²) in [7, 11) is 1.84. The smallest absolute Gasteiger partial charge is 0.146 e. The molecule has 0 aliphatic rings. The number of nitrogens with zero attached hydrogens (tertiary/aromatic N) is 1. The van der Waals surface area contributed by atoms with Crippen molar-refractivity contribution in [2.75, 3.05) is 7.05 Å². The highest BCUT2D eigenvalue weighted by atomic mass is 19.1. The molecule has 1 aromatic carbocycles. The van der Waals surface area contributed by atoms with Crippen LogP contribution in [0.1, 0.15) is 28.4 Å². The third kappa shape index (κ3) is 3.18. The summed E-state index contributed by atoms with van der Waals surface area (Å²) in [6, 6.07) is 9.31. The number of pyridine rings is 1. The summed E-state index contributed by atoms with van der Waals surface area (Å²) in [4.78, 5) is 4.16.